The van der Waals surface area contributed by atoms with Gasteiger partial charge in [-0.15, -0.1) is 0 Å². The quantitative estimate of drug-likeness (QED) is 0.333. The van der Waals surface area contributed by atoms with E-state index in [1.54, 1.807) is 91.0 Å². The fourth-order valence-electron chi connectivity index (χ4n) is 5.05. The summed E-state index contributed by atoms with van der Waals surface area (Å²) in [7, 11) is 0. The highest BCUT2D eigenvalue weighted by Crippen LogP contribution is 2.47. The van der Waals surface area contributed by atoms with E-state index in [1.165, 1.54) is 0 Å². The molecule has 0 unspecified atom stereocenters. The standard InChI is InChI=1S/C27H30O6/c28-22-23(29)26(32,17-20-12-6-2-7-13-20)27(33,18-21-14-8-3-9-15-21)24(30)25(22,31)16-19-10-4-1-5-11-19/h1-15,22-24,28-33H,16-18H2/t22-,23-,24+,25-,26+,27+/m1/s1. The Kier molecular flexibility index (Phi) is 6.42. The Labute approximate surface area is 193 Å². The van der Waals surface area contributed by atoms with Gasteiger partial charge in [-0.1, -0.05) is 91.0 Å². The zero-order valence-electron chi connectivity index (χ0n) is 18.2. The Morgan fingerprint density at radius 2 is 0.848 bits per heavy atom. The normalized spacial score (nSPS) is 34.2. The molecule has 0 amide bonds. The van der Waals surface area contributed by atoms with E-state index >= 15 is 0 Å². The van der Waals surface area contributed by atoms with E-state index in [2.05, 4.69) is 0 Å². The third kappa shape index (κ3) is 4.10. The highest BCUT2D eigenvalue weighted by molar-refractivity contribution is 5.32. The number of aliphatic hydroxyl groups excluding tert-OH is 3. The molecule has 6 nitrogen and oxygen atoms in total. The summed E-state index contributed by atoms with van der Waals surface area (Å²) in [5.74, 6) is 0. The maximum atomic E-state index is 11.9. The summed E-state index contributed by atoms with van der Waals surface area (Å²) in [6, 6.07) is 26.2. The molecular formula is C27H30O6. The van der Waals surface area contributed by atoms with Gasteiger partial charge in [0.05, 0.1) is 0 Å². The lowest BCUT2D eigenvalue weighted by Gasteiger charge is -2.59. The van der Waals surface area contributed by atoms with Gasteiger partial charge in [0.25, 0.3) is 0 Å². The Hall–Kier alpha value is -2.58. The minimum Gasteiger partial charge on any atom is -0.387 e. The van der Waals surface area contributed by atoms with E-state index in [4.69, 9.17) is 0 Å². The van der Waals surface area contributed by atoms with Crippen LogP contribution in [0.3, 0.4) is 0 Å². The third-order valence-corrected chi connectivity index (χ3v) is 6.94. The van der Waals surface area contributed by atoms with Crippen LogP contribution in [0.4, 0.5) is 0 Å². The van der Waals surface area contributed by atoms with Gasteiger partial charge in [0, 0.05) is 19.3 Å². The van der Waals surface area contributed by atoms with Crippen molar-refractivity contribution in [3.05, 3.63) is 108 Å². The van der Waals surface area contributed by atoms with Gasteiger partial charge in [0.2, 0.25) is 0 Å². The van der Waals surface area contributed by atoms with Crippen LogP contribution >= 0.6 is 0 Å². The van der Waals surface area contributed by atoms with Crippen LogP contribution in [0, 0.1) is 0 Å². The molecule has 1 aliphatic rings. The molecule has 4 rings (SSSR count). The largest absolute Gasteiger partial charge is 0.387 e. The van der Waals surface area contributed by atoms with E-state index in [9.17, 15) is 30.6 Å². The second-order valence-electron chi connectivity index (χ2n) is 9.12. The van der Waals surface area contributed by atoms with Crippen molar-refractivity contribution < 1.29 is 30.6 Å². The predicted octanol–water partition coefficient (Wildman–Crippen LogP) is 1.00. The lowest BCUT2D eigenvalue weighted by atomic mass is 9.56. The molecule has 3 aromatic carbocycles. The third-order valence-electron chi connectivity index (χ3n) is 6.94. The Balaban J connectivity index is 1.81. The van der Waals surface area contributed by atoms with Crippen LogP contribution in [0.15, 0.2) is 91.0 Å². The topological polar surface area (TPSA) is 121 Å². The summed E-state index contributed by atoms with van der Waals surface area (Å²) in [6.07, 6.45) is -6.56. The molecule has 1 saturated carbocycles. The fourth-order valence-corrected chi connectivity index (χ4v) is 5.05. The highest BCUT2D eigenvalue weighted by atomic mass is 16.4. The Bertz CT molecular complexity index is 1050. The molecule has 6 heteroatoms. The van der Waals surface area contributed by atoms with Crippen molar-refractivity contribution in [1.82, 2.24) is 0 Å². The molecule has 0 bridgehead atoms. The van der Waals surface area contributed by atoms with Crippen LogP contribution in [-0.2, 0) is 19.3 Å². The molecule has 0 aliphatic heterocycles. The summed E-state index contributed by atoms with van der Waals surface area (Å²) in [6.45, 7) is 0. The van der Waals surface area contributed by atoms with Gasteiger partial charge in [0.1, 0.15) is 35.1 Å². The maximum absolute atomic E-state index is 11.9. The molecule has 1 fully saturated rings. The van der Waals surface area contributed by atoms with Crippen LogP contribution in [0.25, 0.3) is 0 Å². The first-order valence-corrected chi connectivity index (χ1v) is 11.0. The average Bonchev–Trinajstić information content (AvgIpc) is 2.83. The van der Waals surface area contributed by atoms with Crippen molar-refractivity contribution in [3.8, 4) is 0 Å². The van der Waals surface area contributed by atoms with E-state index < -0.39 is 35.1 Å². The first-order valence-electron chi connectivity index (χ1n) is 11.0. The molecule has 6 atom stereocenters. The monoisotopic (exact) mass is 450 g/mol. The average molecular weight is 451 g/mol. The summed E-state index contributed by atoms with van der Waals surface area (Å²) in [4.78, 5) is 0. The van der Waals surface area contributed by atoms with Crippen LogP contribution in [0.2, 0.25) is 0 Å². The number of benzene rings is 3. The van der Waals surface area contributed by atoms with Crippen molar-refractivity contribution in [3.63, 3.8) is 0 Å². The minimum absolute atomic E-state index is 0.230. The molecule has 0 radical (unpaired) electrons. The first-order chi connectivity index (χ1) is 15.7. The van der Waals surface area contributed by atoms with Crippen molar-refractivity contribution in [2.45, 2.75) is 54.4 Å². The van der Waals surface area contributed by atoms with Crippen LogP contribution < -0.4 is 0 Å². The second kappa shape index (κ2) is 8.99. The van der Waals surface area contributed by atoms with Gasteiger partial charge in [-0.25, -0.2) is 0 Å². The van der Waals surface area contributed by atoms with Gasteiger partial charge in [0.15, 0.2) is 0 Å². The first kappa shape index (κ1) is 23.6. The molecular weight excluding hydrogens is 420 g/mol. The zero-order valence-corrected chi connectivity index (χ0v) is 18.2. The van der Waals surface area contributed by atoms with Gasteiger partial charge < -0.3 is 30.6 Å². The molecule has 6 N–H and O–H groups in total. The van der Waals surface area contributed by atoms with E-state index in [0.29, 0.717) is 16.7 Å². The smallest absolute Gasteiger partial charge is 0.129 e. The molecule has 1 aliphatic carbocycles. The SMILES string of the molecule is O[C@@H]1[C@@H](O)[C@@](O)(Cc2ccccc2)[C@](O)(Cc2ccccc2)[C@@H](O)[C@@]1(O)Cc1ccccc1. The maximum Gasteiger partial charge on any atom is 0.129 e. The Morgan fingerprint density at radius 1 is 0.485 bits per heavy atom. The molecule has 0 spiro atoms. The molecule has 33 heavy (non-hydrogen) atoms. The van der Waals surface area contributed by atoms with E-state index in [-0.39, 0.29) is 19.3 Å². The summed E-state index contributed by atoms with van der Waals surface area (Å²) >= 11 is 0. The fraction of sp³-hybridized carbons (Fsp3) is 0.333. The minimum atomic E-state index is -2.38. The molecule has 174 valence electrons. The van der Waals surface area contributed by atoms with Gasteiger partial charge in [-0.05, 0) is 16.7 Å². The number of rotatable bonds is 6. The summed E-state index contributed by atoms with van der Waals surface area (Å²) in [5.41, 5.74) is -5.26. The number of aliphatic hydroxyl groups is 6. The summed E-state index contributed by atoms with van der Waals surface area (Å²) in [5, 5.41) is 68.9. The molecule has 3 aromatic rings. The van der Waals surface area contributed by atoms with E-state index in [1.807, 2.05) is 0 Å². The van der Waals surface area contributed by atoms with Crippen LogP contribution in [-0.4, -0.2) is 65.8 Å². The lowest BCUT2D eigenvalue weighted by Crippen LogP contribution is -2.83. The number of hydrogen-bond acceptors (Lipinski definition) is 6. The van der Waals surface area contributed by atoms with Gasteiger partial charge >= 0.3 is 0 Å². The van der Waals surface area contributed by atoms with Crippen molar-refractivity contribution in [2.75, 3.05) is 0 Å². The predicted molar refractivity (Wildman–Crippen MR) is 123 cm³/mol. The van der Waals surface area contributed by atoms with Crippen molar-refractivity contribution >= 4 is 0 Å². The Morgan fingerprint density at radius 3 is 1.27 bits per heavy atom. The second-order valence-corrected chi connectivity index (χ2v) is 9.12. The molecule has 0 aromatic heterocycles. The van der Waals surface area contributed by atoms with Gasteiger partial charge in [-0.3, -0.25) is 0 Å². The lowest BCUT2D eigenvalue weighted by molar-refractivity contribution is -0.340. The molecule has 0 saturated heterocycles. The van der Waals surface area contributed by atoms with E-state index in [0.717, 1.165) is 0 Å². The van der Waals surface area contributed by atoms with Crippen LogP contribution in [0.5, 0.6) is 0 Å². The van der Waals surface area contributed by atoms with Crippen molar-refractivity contribution in [1.29, 1.82) is 0 Å². The van der Waals surface area contributed by atoms with Crippen LogP contribution in [0.1, 0.15) is 16.7 Å². The highest BCUT2D eigenvalue weighted by Gasteiger charge is 2.71. The zero-order chi connectivity index (χ0) is 23.7. The summed E-state index contributed by atoms with van der Waals surface area (Å²) < 4.78 is 0. The number of hydrogen-bond donors (Lipinski definition) is 6. The van der Waals surface area contributed by atoms with Crippen molar-refractivity contribution in [2.24, 2.45) is 0 Å². The van der Waals surface area contributed by atoms with Gasteiger partial charge in [-0.2, -0.15) is 0 Å². The molecule has 0 heterocycles.